The molecule has 162 valence electrons. The predicted molar refractivity (Wildman–Crippen MR) is 124 cm³/mol. The fourth-order valence-corrected chi connectivity index (χ4v) is 5.72. The minimum absolute atomic E-state index is 0.0174. The summed E-state index contributed by atoms with van der Waals surface area (Å²) >= 11 is 6.52. The van der Waals surface area contributed by atoms with Crippen LogP contribution in [0.1, 0.15) is 19.4 Å². The number of ether oxygens (including phenoxy) is 2. The molecular formula is C24H25ClN2O3Se. The van der Waals surface area contributed by atoms with Crippen molar-refractivity contribution in [3.63, 3.8) is 0 Å². The summed E-state index contributed by atoms with van der Waals surface area (Å²) in [5, 5.41) is 0.626. The first-order valence-electron chi connectivity index (χ1n) is 10.2. The third-order valence-electron chi connectivity index (χ3n) is 5.18. The van der Waals surface area contributed by atoms with Gasteiger partial charge in [-0.05, 0) is 0 Å². The van der Waals surface area contributed by atoms with Crippen molar-refractivity contribution < 1.29 is 14.3 Å². The molecule has 0 bridgehead atoms. The Morgan fingerprint density at radius 1 is 1.19 bits per heavy atom. The van der Waals surface area contributed by atoms with E-state index in [1.54, 1.807) is 0 Å². The van der Waals surface area contributed by atoms with Crippen LogP contribution in [0.2, 0.25) is 5.02 Å². The zero-order chi connectivity index (χ0) is 22.0. The summed E-state index contributed by atoms with van der Waals surface area (Å²) in [6.45, 7) is 6.35. The molecule has 3 aromatic rings. The first-order chi connectivity index (χ1) is 14.9. The molecule has 0 unspecified atom stereocenters. The van der Waals surface area contributed by atoms with Crippen LogP contribution in [0.4, 0.5) is 0 Å². The molecular weight excluding hydrogens is 479 g/mol. The first-order valence-corrected chi connectivity index (χ1v) is 12.3. The van der Waals surface area contributed by atoms with Crippen molar-refractivity contribution in [3.8, 4) is 25.9 Å². The molecule has 5 nitrogen and oxygen atoms in total. The molecule has 1 aliphatic rings. The zero-order valence-electron chi connectivity index (χ0n) is 17.8. The van der Waals surface area contributed by atoms with E-state index in [2.05, 4.69) is 34.1 Å². The predicted octanol–water partition coefficient (Wildman–Crippen LogP) is 4.52. The Bertz CT molecular complexity index is 1060. The Balaban J connectivity index is 1.40. The Kier molecular flexibility index (Phi) is 6.83. The molecule has 0 saturated carbocycles. The molecule has 0 radical (unpaired) electrons. The van der Waals surface area contributed by atoms with Gasteiger partial charge in [-0.2, -0.15) is 0 Å². The van der Waals surface area contributed by atoms with Gasteiger partial charge in [0.25, 0.3) is 0 Å². The average molecular weight is 504 g/mol. The molecule has 0 spiro atoms. The molecule has 31 heavy (non-hydrogen) atoms. The Morgan fingerprint density at radius 3 is 2.55 bits per heavy atom. The maximum absolute atomic E-state index is 11.5. The number of halogens is 1. The number of carbonyl (C=O) groups excluding carboxylic acids is 1. The molecule has 0 aliphatic carbocycles. The van der Waals surface area contributed by atoms with Gasteiger partial charge in [-0.3, -0.25) is 0 Å². The van der Waals surface area contributed by atoms with Crippen molar-refractivity contribution in [1.82, 2.24) is 9.88 Å². The number of hydrogen-bond donors (Lipinski definition) is 0. The van der Waals surface area contributed by atoms with E-state index in [9.17, 15) is 4.79 Å². The van der Waals surface area contributed by atoms with Crippen molar-refractivity contribution in [1.29, 1.82) is 0 Å². The van der Waals surface area contributed by atoms with E-state index in [0.29, 0.717) is 10.8 Å². The monoisotopic (exact) mass is 504 g/mol. The number of rotatable bonds is 7. The summed E-state index contributed by atoms with van der Waals surface area (Å²) in [6.07, 6.45) is 2.04. The summed E-state index contributed by atoms with van der Waals surface area (Å²) in [4.78, 5) is 18.4. The molecule has 1 aromatic heterocycles. The van der Waals surface area contributed by atoms with Gasteiger partial charge in [-0.15, -0.1) is 0 Å². The molecule has 1 aliphatic heterocycles. The van der Waals surface area contributed by atoms with Crippen molar-refractivity contribution in [2.75, 3.05) is 20.2 Å². The molecule has 4 rings (SSSR count). The van der Waals surface area contributed by atoms with E-state index >= 15 is 0 Å². The molecule has 0 amide bonds. The third kappa shape index (κ3) is 5.21. The fourth-order valence-electron chi connectivity index (χ4n) is 3.57. The van der Waals surface area contributed by atoms with E-state index in [1.807, 2.05) is 38.2 Å². The molecule has 0 atom stereocenters. The second-order valence-corrected chi connectivity index (χ2v) is 10.5. The van der Waals surface area contributed by atoms with Crippen LogP contribution in [-0.4, -0.2) is 56.7 Å². The number of hydrogen-bond acceptors (Lipinski definition) is 5. The quantitative estimate of drug-likeness (QED) is 0.350. The van der Waals surface area contributed by atoms with Crippen LogP contribution >= 0.6 is 11.6 Å². The van der Waals surface area contributed by atoms with Gasteiger partial charge >= 0.3 is 194 Å². The topological polar surface area (TPSA) is 51.7 Å². The zero-order valence-corrected chi connectivity index (χ0v) is 20.3. The SMILES string of the molecule is COC(=O)C1CN(Cc2ccc(-c3ncc(-c4ccc(OC(C)C)c(Cl)c4)[se]3)cc2)C1. The number of benzene rings is 2. The normalized spacial score (nSPS) is 14.5. The van der Waals surface area contributed by atoms with E-state index in [0.717, 1.165) is 35.3 Å². The van der Waals surface area contributed by atoms with Gasteiger partial charge in [0, 0.05) is 0 Å². The van der Waals surface area contributed by atoms with Crippen molar-refractivity contribution in [2.24, 2.45) is 5.92 Å². The van der Waals surface area contributed by atoms with Crippen LogP contribution in [0.15, 0.2) is 48.7 Å². The third-order valence-corrected chi connectivity index (χ3v) is 7.78. The van der Waals surface area contributed by atoms with Gasteiger partial charge < -0.3 is 0 Å². The van der Waals surface area contributed by atoms with Gasteiger partial charge in [0.2, 0.25) is 0 Å². The van der Waals surface area contributed by atoms with Crippen molar-refractivity contribution >= 4 is 32.1 Å². The molecule has 2 heterocycles. The number of aromatic nitrogens is 1. The standard InChI is InChI=1S/C24H25ClN2O3Se/c1-15(2)30-21-9-8-18(10-20(21)25)22-11-26-23(31-22)17-6-4-16(5-7-17)12-27-13-19(14-27)24(28)29-3/h4-11,15,19H,12-14H2,1-3H3. The number of methoxy groups -OCH3 is 1. The molecule has 1 saturated heterocycles. The van der Waals surface area contributed by atoms with Gasteiger partial charge in [-0.1, -0.05) is 0 Å². The second-order valence-electron chi connectivity index (χ2n) is 7.95. The molecule has 7 heteroatoms. The number of nitrogens with zero attached hydrogens (tertiary/aromatic N) is 2. The number of esters is 1. The van der Waals surface area contributed by atoms with Gasteiger partial charge in [-0.25, -0.2) is 0 Å². The van der Waals surface area contributed by atoms with E-state index in [1.165, 1.54) is 17.1 Å². The summed E-state index contributed by atoms with van der Waals surface area (Å²) in [5.41, 5.74) is 3.48. The van der Waals surface area contributed by atoms with Gasteiger partial charge in [0.1, 0.15) is 0 Å². The Labute approximate surface area is 193 Å². The van der Waals surface area contributed by atoms with Gasteiger partial charge in [0.15, 0.2) is 0 Å². The van der Waals surface area contributed by atoms with E-state index in [4.69, 9.17) is 21.1 Å². The van der Waals surface area contributed by atoms with Crippen LogP contribution in [0.25, 0.3) is 20.1 Å². The van der Waals surface area contributed by atoms with E-state index in [-0.39, 0.29) is 32.5 Å². The van der Waals surface area contributed by atoms with Crippen molar-refractivity contribution in [3.05, 3.63) is 59.2 Å². The average Bonchev–Trinajstić information content (AvgIpc) is 3.22. The summed E-state index contributed by atoms with van der Waals surface area (Å²) in [7, 11) is 1.45. The molecule has 1 fully saturated rings. The summed E-state index contributed by atoms with van der Waals surface area (Å²) in [6, 6.07) is 14.5. The van der Waals surface area contributed by atoms with Crippen LogP contribution in [-0.2, 0) is 16.1 Å². The minimum atomic E-state index is -0.111. The number of carbonyl (C=O) groups is 1. The summed E-state index contributed by atoms with van der Waals surface area (Å²) in [5.74, 6) is 0.618. The van der Waals surface area contributed by atoms with Crippen LogP contribution in [0, 0.1) is 5.92 Å². The maximum atomic E-state index is 11.5. The Hall–Kier alpha value is -2.11. The second kappa shape index (κ2) is 9.58. The molecule has 2 aromatic carbocycles. The van der Waals surface area contributed by atoms with Crippen LogP contribution in [0.5, 0.6) is 5.75 Å². The van der Waals surface area contributed by atoms with Crippen LogP contribution in [0.3, 0.4) is 0 Å². The van der Waals surface area contributed by atoms with Crippen LogP contribution < -0.4 is 4.74 Å². The van der Waals surface area contributed by atoms with Crippen molar-refractivity contribution in [2.45, 2.75) is 26.5 Å². The van der Waals surface area contributed by atoms with Gasteiger partial charge in [0.05, 0.1) is 0 Å². The Morgan fingerprint density at radius 2 is 1.90 bits per heavy atom. The van der Waals surface area contributed by atoms with E-state index < -0.39 is 0 Å². The summed E-state index contributed by atoms with van der Waals surface area (Å²) < 4.78 is 12.8. The first kappa shape index (κ1) is 22.1. The number of likely N-dealkylation sites (tertiary alicyclic amines) is 1. The fraction of sp³-hybridized carbons (Fsp3) is 0.333. The molecule has 0 N–H and O–H groups in total.